The van der Waals surface area contributed by atoms with Gasteiger partial charge in [-0.25, -0.2) is 0 Å². The largest absolute Gasteiger partial charge is 0.494 e. The van der Waals surface area contributed by atoms with Crippen LogP contribution in [0.15, 0.2) is 60.2 Å². The van der Waals surface area contributed by atoms with Gasteiger partial charge in [-0.15, -0.1) is 0 Å². The Morgan fingerprint density at radius 1 is 0.970 bits per heavy atom. The number of carbonyl (C=O) groups excluding carboxylic acids is 2. The van der Waals surface area contributed by atoms with Gasteiger partial charge < -0.3 is 9.30 Å². The average molecular weight is 460 g/mol. The zero-order valence-electron chi connectivity index (χ0n) is 19.0. The summed E-state index contributed by atoms with van der Waals surface area (Å²) in [5.74, 6) is -0.139. The van der Waals surface area contributed by atoms with Crippen molar-refractivity contribution in [2.24, 2.45) is 0 Å². The highest BCUT2D eigenvalue weighted by atomic mass is 32.1. The highest BCUT2D eigenvalue weighted by Gasteiger charge is 2.34. The lowest BCUT2D eigenvalue weighted by Gasteiger charge is -2.29. The van der Waals surface area contributed by atoms with E-state index in [1.54, 1.807) is 6.08 Å². The van der Waals surface area contributed by atoms with Gasteiger partial charge in [0, 0.05) is 17.1 Å². The van der Waals surface area contributed by atoms with Crippen molar-refractivity contribution in [1.82, 2.24) is 9.88 Å². The lowest BCUT2D eigenvalue weighted by Crippen LogP contribution is -2.54. The minimum Gasteiger partial charge on any atom is -0.494 e. The molecule has 6 nitrogen and oxygen atoms in total. The van der Waals surface area contributed by atoms with E-state index in [9.17, 15) is 9.59 Å². The molecule has 1 aliphatic heterocycles. The third kappa shape index (κ3) is 4.32. The van der Waals surface area contributed by atoms with E-state index in [1.165, 1.54) is 4.90 Å². The van der Waals surface area contributed by atoms with Crippen LogP contribution in [0.4, 0.5) is 5.69 Å². The number of benzene rings is 2. The lowest BCUT2D eigenvalue weighted by atomic mass is 10.1. The number of aryl methyl sites for hydroxylation is 2. The Balaban J connectivity index is 1.71. The number of hydrogen-bond donors (Lipinski definition) is 1. The molecule has 1 saturated heterocycles. The minimum absolute atomic E-state index is 0.0381. The van der Waals surface area contributed by atoms with Crippen LogP contribution in [0.3, 0.4) is 0 Å². The summed E-state index contributed by atoms with van der Waals surface area (Å²) in [5, 5.41) is 2.72. The van der Waals surface area contributed by atoms with E-state index in [2.05, 4.69) is 9.88 Å². The minimum atomic E-state index is -0.501. The summed E-state index contributed by atoms with van der Waals surface area (Å²) in [4.78, 5) is 27.3. The first-order valence-corrected chi connectivity index (χ1v) is 11.1. The monoisotopic (exact) mass is 459 g/mol. The maximum absolute atomic E-state index is 13.3. The van der Waals surface area contributed by atoms with Gasteiger partial charge in [-0.1, -0.05) is 17.7 Å². The molecule has 1 aromatic heterocycles. The number of anilines is 1. The Kier molecular flexibility index (Phi) is 6.16. The summed E-state index contributed by atoms with van der Waals surface area (Å²) in [5.41, 5.74) is 5.38. The summed E-state index contributed by atoms with van der Waals surface area (Å²) >= 11 is 5.29. The smallest absolute Gasteiger partial charge is 0.270 e. The third-order valence-corrected chi connectivity index (χ3v) is 5.85. The molecule has 1 N–H and O–H groups in total. The topological polar surface area (TPSA) is 63.6 Å². The molecule has 2 aromatic carbocycles. The van der Waals surface area contributed by atoms with Gasteiger partial charge >= 0.3 is 0 Å². The predicted molar refractivity (Wildman–Crippen MR) is 134 cm³/mol. The molecule has 0 bridgehead atoms. The van der Waals surface area contributed by atoms with Crippen molar-refractivity contribution in [3.8, 4) is 11.4 Å². The molecule has 168 valence electrons. The van der Waals surface area contributed by atoms with Crippen LogP contribution >= 0.6 is 12.2 Å². The van der Waals surface area contributed by atoms with Crippen LogP contribution in [0.25, 0.3) is 11.8 Å². The molecule has 3 aromatic rings. The number of aromatic nitrogens is 1. The molecule has 0 aliphatic carbocycles. The van der Waals surface area contributed by atoms with Gasteiger partial charge in [0.25, 0.3) is 11.8 Å². The Morgan fingerprint density at radius 3 is 2.24 bits per heavy atom. The van der Waals surface area contributed by atoms with Gasteiger partial charge in [-0.2, -0.15) is 0 Å². The average Bonchev–Trinajstić information content (AvgIpc) is 3.06. The predicted octanol–water partition coefficient (Wildman–Crippen LogP) is 4.63. The number of hydrogen-bond acceptors (Lipinski definition) is 4. The molecule has 0 spiro atoms. The standard InChI is InChI=1S/C26H25N3O3S/c1-5-32-22-12-10-20(11-13-22)28-17(3)14-19(18(28)4)15-23-24(30)27-26(33)29(25(23)31)21-8-6-16(2)7-9-21/h6-15H,5H2,1-4H3,(H,27,30,33)/b23-15+. The summed E-state index contributed by atoms with van der Waals surface area (Å²) < 4.78 is 7.61. The molecule has 0 radical (unpaired) electrons. The maximum atomic E-state index is 13.3. The molecular formula is C26H25N3O3S. The molecule has 0 saturated carbocycles. The van der Waals surface area contributed by atoms with Crippen LogP contribution in [0.1, 0.15) is 29.4 Å². The van der Waals surface area contributed by atoms with Gasteiger partial charge in [0.1, 0.15) is 11.3 Å². The van der Waals surface area contributed by atoms with E-state index in [1.807, 2.05) is 82.3 Å². The molecular weight excluding hydrogens is 434 g/mol. The normalized spacial score (nSPS) is 15.2. The molecule has 1 aliphatic rings. The first kappa shape index (κ1) is 22.5. The van der Waals surface area contributed by atoms with Crippen LogP contribution in [0.2, 0.25) is 0 Å². The SMILES string of the molecule is CCOc1ccc(-n2c(C)cc(/C=C3\C(=O)NC(=S)N(c4ccc(C)cc4)C3=O)c2C)cc1. The van der Waals surface area contributed by atoms with Crippen LogP contribution in [0.5, 0.6) is 5.75 Å². The fourth-order valence-electron chi connectivity index (χ4n) is 3.93. The van der Waals surface area contributed by atoms with Crippen LogP contribution in [-0.2, 0) is 9.59 Å². The zero-order valence-corrected chi connectivity index (χ0v) is 19.8. The lowest BCUT2D eigenvalue weighted by molar-refractivity contribution is -0.122. The Bertz CT molecular complexity index is 1270. The quantitative estimate of drug-likeness (QED) is 0.343. The molecule has 0 atom stereocenters. The van der Waals surface area contributed by atoms with Gasteiger partial charge in [0.2, 0.25) is 0 Å². The molecule has 2 amide bonds. The maximum Gasteiger partial charge on any atom is 0.270 e. The van der Waals surface area contributed by atoms with E-state index in [0.717, 1.165) is 34.0 Å². The van der Waals surface area contributed by atoms with E-state index < -0.39 is 11.8 Å². The highest BCUT2D eigenvalue weighted by Crippen LogP contribution is 2.27. The van der Waals surface area contributed by atoms with Gasteiger partial charge in [-0.05, 0) is 94.0 Å². The van der Waals surface area contributed by atoms with Crippen LogP contribution in [0, 0.1) is 20.8 Å². The fraction of sp³-hybridized carbons (Fsp3) is 0.192. The first-order chi connectivity index (χ1) is 15.8. The zero-order chi connectivity index (χ0) is 23.7. The van der Waals surface area contributed by atoms with Crippen molar-refractivity contribution in [2.75, 3.05) is 11.5 Å². The summed E-state index contributed by atoms with van der Waals surface area (Å²) in [6.45, 7) is 8.47. The molecule has 0 unspecified atom stereocenters. The van der Waals surface area contributed by atoms with Crippen LogP contribution in [-0.4, -0.2) is 28.1 Å². The second-order valence-electron chi connectivity index (χ2n) is 7.88. The second-order valence-corrected chi connectivity index (χ2v) is 8.27. The molecule has 7 heteroatoms. The fourth-order valence-corrected chi connectivity index (χ4v) is 4.21. The second kappa shape index (κ2) is 9.03. The van der Waals surface area contributed by atoms with E-state index in [4.69, 9.17) is 17.0 Å². The number of ether oxygens (including phenoxy) is 1. The Hall–Kier alpha value is -3.71. The molecule has 2 heterocycles. The van der Waals surface area contributed by atoms with Crippen molar-refractivity contribution >= 4 is 40.9 Å². The summed E-state index contributed by atoms with van der Waals surface area (Å²) in [7, 11) is 0. The molecule has 33 heavy (non-hydrogen) atoms. The van der Waals surface area contributed by atoms with Crippen molar-refractivity contribution in [2.45, 2.75) is 27.7 Å². The Morgan fingerprint density at radius 2 is 1.61 bits per heavy atom. The van der Waals surface area contributed by atoms with E-state index in [0.29, 0.717) is 12.3 Å². The first-order valence-electron chi connectivity index (χ1n) is 10.7. The van der Waals surface area contributed by atoms with Crippen molar-refractivity contribution in [3.63, 3.8) is 0 Å². The number of rotatable bonds is 5. The molecule has 1 fully saturated rings. The van der Waals surface area contributed by atoms with E-state index in [-0.39, 0.29) is 10.7 Å². The van der Waals surface area contributed by atoms with E-state index >= 15 is 0 Å². The highest BCUT2D eigenvalue weighted by molar-refractivity contribution is 7.80. The number of thiocarbonyl (C=S) groups is 1. The summed E-state index contributed by atoms with van der Waals surface area (Å²) in [6.07, 6.45) is 1.63. The van der Waals surface area contributed by atoms with Crippen LogP contribution < -0.4 is 15.0 Å². The van der Waals surface area contributed by atoms with Crippen molar-refractivity contribution < 1.29 is 14.3 Å². The Labute approximate surface area is 198 Å². The van der Waals surface area contributed by atoms with Gasteiger partial charge in [0.05, 0.1) is 12.3 Å². The number of nitrogens with one attached hydrogen (secondary N) is 1. The summed E-state index contributed by atoms with van der Waals surface area (Å²) in [6, 6.07) is 17.2. The molecule has 4 rings (SSSR count). The number of carbonyl (C=O) groups is 2. The number of nitrogens with zero attached hydrogens (tertiary/aromatic N) is 2. The third-order valence-electron chi connectivity index (χ3n) is 5.57. The van der Waals surface area contributed by atoms with Crippen molar-refractivity contribution in [3.05, 3.63) is 82.7 Å². The van der Waals surface area contributed by atoms with Crippen molar-refractivity contribution in [1.29, 1.82) is 0 Å². The van der Waals surface area contributed by atoms with Gasteiger partial charge in [0.15, 0.2) is 5.11 Å². The number of amides is 2. The van der Waals surface area contributed by atoms with Gasteiger partial charge in [-0.3, -0.25) is 19.8 Å².